The lowest BCUT2D eigenvalue weighted by atomic mass is 9.61. The van der Waals surface area contributed by atoms with Crippen molar-refractivity contribution in [3.05, 3.63) is 28.8 Å². The van der Waals surface area contributed by atoms with Crippen LogP contribution in [0, 0.1) is 11.8 Å². The van der Waals surface area contributed by atoms with Gasteiger partial charge in [0.25, 0.3) is 0 Å². The van der Waals surface area contributed by atoms with Gasteiger partial charge >= 0.3 is 0 Å². The monoisotopic (exact) mass is 331 g/mol. The average Bonchev–Trinajstić information content (AvgIpc) is 2.89. The molecule has 1 aromatic carbocycles. The van der Waals surface area contributed by atoms with Crippen LogP contribution in [0.2, 0.25) is 5.02 Å². The summed E-state index contributed by atoms with van der Waals surface area (Å²) in [6.45, 7) is 3.33. The van der Waals surface area contributed by atoms with E-state index < -0.39 is 0 Å². The molecule has 2 aliphatic heterocycles. The standard InChI is InChI=1S/C20H26ClNO/c21-15-5-6-19-17(12-15)20(13-23-19)7-9-22(10-8-20)18-11-14-3-1-2-4-16(14)18/h5-6,12,14,16,18H,1-4,7-11,13H2/t14?,16-,18-/m0/s1. The highest BCUT2D eigenvalue weighted by atomic mass is 35.5. The molecule has 2 nitrogen and oxygen atoms in total. The summed E-state index contributed by atoms with van der Waals surface area (Å²) < 4.78 is 5.99. The molecule has 3 atom stereocenters. The van der Waals surface area contributed by atoms with Crippen molar-refractivity contribution in [2.75, 3.05) is 19.7 Å². The Hall–Kier alpha value is -0.730. The van der Waals surface area contributed by atoms with Crippen molar-refractivity contribution in [1.82, 2.24) is 4.90 Å². The number of hydrogen-bond acceptors (Lipinski definition) is 2. The van der Waals surface area contributed by atoms with Crippen LogP contribution in [0.3, 0.4) is 0 Å². The summed E-state index contributed by atoms with van der Waals surface area (Å²) in [6, 6.07) is 7.04. The largest absolute Gasteiger partial charge is 0.492 e. The highest BCUT2D eigenvalue weighted by molar-refractivity contribution is 6.30. The van der Waals surface area contributed by atoms with E-state index in [-0.39, 0.29) is 5.41 Å². The number of benzene rings is 1. The Balaban J connectivity index is 1.30. The molecule has 0 aromatic heterocycles. The van der Waals surface area contributed by atoms with Crippen molar-refractivity contribution < 1.29 is 4.74 Å². The fourth-order valence-corrected chi connectivity index (χ4v) is 5.95. The fourth-order valence-electron chi connectivity index (χ4n) is 5.78. The number of likely N-dealkylation sites (tertiary alicyclic amines) is 1. The van der Waals surface area contributed by atoms with Gasteiger partial charge < -0.3 is 9.64 Å². The second-order valence-electron chi connectivity index (χ2n) is 8.26. The van der Waals surface area contributed by atoms with Crippen molar-refractivity contribution in [3.63, 3.8) is 0 Å². The van der Waals surface area contributed by atoms with Gasteiger partial charge in [-0.15, -0.1) is 0 Å². The molecule has 2 aliphatic carbocycles. The number of rotatable bonds is 1. The molecule has 0 N–H and O–H groups in total. The second-order valence-corrected chi connectivity index (χ2v) is 8.69. The van der Waals surface area contributed by atoms with Crippen molar-refractivity contribution in [3.8, 4) is 5.75 Å². The van der Waals surface area contributed by atoms with Gasteiger partial charge in [-0.3, -0.25) is 0 Å². The summed E-state index contributed by atoms with van der Waals surface area (Å²) in [4.78, 5) is 2.81. The first kappa shape index (κ1) is 14.6. The number of piperidine rings is 1. The maximum absolute atomic E-state index is 6.25. The van der Waals surface area contributed by atoms with Gasteiger partial charge in [0.1, 0.15) is 5.75 Å². The van der Waals surface area contributed by atoms with E-state index in [1.165, 1.54) is 63.6 Å². The molecule has 3 fully saturated rings. The Morgan fingerprint density at radius 2 is 1.96 bits per heavy atom. The van der Waals surface area contributed by atoms with Crippen LogP contribution >= 0.6 is 11.6 Å². The lowest BCUT2D eigenvalue weighted by Crippen LogP contribution is -2.57. The second kappa shape index (κ2) is 5.39. The van der Waals surface area contributed by atoms with Crippen LogP contribution in [0.5, 0.6) is 5.75 Å². The van der Waals surface area contributed by atoms with Crippen molar-refractivity contribution >= 4 is 11.6 Å². The minimum atomic E-state index is 0.229. The van der Waals surface area contributed by atoms with Crippen LogP contribution in [0.4, 0.5) is 0 Å². The third kappa shape index (κ3) is 2.25. The van der Waals surface area contributed by atoms with Gasteiger partial charge in [0.05, 0.1) is 6.61 Å². The van der Waals surface area contributed by atoms with Crippen molar-refractivity contribution in [2.24, 2.45) is 11.8 Å². The molecule has 23 heavy (non-hydrogen) atoms. The Labute approximate surface area is 144 Å². The topological polar surface area (TPSA) is 12.5 Å². The molecule has 5 rings (SSSR count). The summed E-state index contributed by atoms with van der Waals surface area (Å²) in [5, 5.41) is 0.847. The first-order valence-corrected chi connectivity index (χ1v) is 9.80. The predicted molar refractivity (Wildman–Crippen MR) is 93.3 cm³/mol. The maximum atomic E-state index is 6.25. The molecule has 1 unspecified atom stereocenters. The Bertz CT molecular complexity index is 608. The van der Waals surface area contributed by atoms with Gasteiger partial charge in [0.2, 0.25) is 0 Å². The summed E-state index contributed by atoms with van der Waals surface area (Å²) in [6.07, 6.45) is 9.86. The Morgan fingerprint density at radius 3 is 2.78 bits per heavy atom. The predicted octanol–water partition coefficient (Wildman–Crippen LogP) is 4.64. The Morgan fingerprint density at radius 1 is 1.13 bits per heavy atom. The van der Waals surface area contributed by atoms with E-state index in [4.69, 9.17) is 16.3 Å². The highest BCUT2D eigenvalue weighted by Gasteiger charge is 2.49. The lowest BCUT2D eigenvalue weighted by molar-refractivity contribution is -0.0404. The zero-order valence-electron chi connectivity index (χ0n) is 13.8. The Kier molecular flexibility index (Phi) is 3.42. The van der Waals surface area contributed by atoms with Crippen LogP contribution in [0.1, 0.15) is 50.5 Å². The number of fused-ring (bicyclic) bond motifs is 3. The van der Waals surface area contributed by atoms with Gasteiger partial charge in [-0.05, 0) is 68.8 Å². The van der Waals surface area contributed by atoms with E-state index >= 15 is 0 Å². The first-order valence-electron chi connectivity index (χ1n) is 9.42. The summed E-state index contributed by atoms with van der Waals surface area (Å²) in [7, 11) is 0. The van der Waals surface area contributed by atoms with E-state index in [0.717, 1.165) is 35.3 Å². The third-order valence-corrected chi connectivity index (χ3v) is 7.48. The normalized spacial score (nSPS) is 35.3. The zero-order chi connectivity index (χ0) is 15.4. The van der Waals surface area contributed by atoms with Crippen LogP contribution in [0.25, 0.3) is 0 Å². The molecule has 0 radical (unpaired) electrons. The van der Waals surface area contributed by atoms with Gasteiger partial charge in [0.15, 0.2) is 0 Å². The van der Waals surface area contributed by atoms with E-state index in [1.54, 1.807) is 0 Å². The SMILES string of the molecule is Clc1ccc2c(c1)C1(CCN([C@H]3CC4CCCC[C@@H]43)CC1)CO2. The van der Waals surface area contributed by atoms with Crippen molar-refractivity contribution in [2.45, 2.75) is 56.4 Å². The summed E-state index contributed by atoms with van der Waals surface area (Å²) in [5.74, 6) is 3.14. The van der Waals surface area contributed by atoms with Crippen LogP contribution in [-0.2, 0) is 5.41 Å². The van der Waals surface area contributed by atoms with E-state index in [2.05, 4.69) is 17.0 Å². The van der Waals surface area contributed by atoms with Gasteiger partial charge in [-0.1, -0.05) is 30.9 Å². The quantitative estimate of drug-likeness (QED) is 0.743. The van der Waals surface area contributed by atoms with E-state index in [0.29, 0.717) is 0 Å². The molecule has 124 valence electrons. The summed E-state index contributed by atoms with van der Waals surface area (Å²) >= 11 is 6.25. The summed E-state index contributed by atoms with van der Waals surface area (Å²) in [5.41, 5.74) is 1.60. The molecular weight excluding hydrogens is 306 g/mol. The number of hydrogen-bond donors (Lipinski definition) is 0. The third-order valence-electron chi connectivity index (χ3n) is 7.25. The smallest absolute Gasteiger partial charge is 0.123 e. The molecule has 1 aromatic rings. The highest BCUT2D eigenvalue weighted by Crippen LogP contribution is 2.51. The van der Waals surface area contributed by atoms with E-state index in [9.17, 15) is 0 Å². The molecule has 1 spiro atoms. The van der Waals surface area contributed by atoms with Crippen molar-refractivity contribution in [1.29, 1.82) is 0 Å². The van der Waals surface area contributed by atoms with Gasteiger partial charge in [0, 0.05) is 22.0 Å². The van der Waals surface area contributed by atoms with Crippen LogP contribution in [0.15, 0.2) is 18.2 Å². The first-order chi connectivity index (χ1) is 11.3. The molecule has 0 bridgehead atoms. The minimum absolute atomic E-state index is 0.229. The van der Waals surface area contributed by atoms with E-state index in [1.807, 2.05) is 6.07 Å². The molecule has 3 heteroatoms. The maximum Gasteiger partial charge on any atom is 0.123 e. The molecule has 1 saturated heterocycles. The fraction of sp³-hybridized carbons (Fsp3) is 0.700. The molecule has 2 saturated carbocycles. The van der Waals surface area contributed by atoms with Crippen LogP contribution in [-0.4, -0.2) is 30.6 Å². The molecular formula is C20H26ClNO. The minimum Gasteiger partial charge on any atom is -0.492 e. The van der Waals surface area contributed by atoms with Gasteiger partial charge in [-0.2, -0.15) is 0 Å². The molecule has 4 aliphatic rings. The number of nitrogens with zero attached hydrogens (tertiary/aromatic N) is 1. The number of ether oxygens (including phenoxy) is 1. The lowest BCUT2D eigenvalue weighted by Gasteiger charge is -2.55. The number of halogens is 1. The zero-order valence-corrected chi connectivity index (χ0v) is 14.5. The average molecular weight is 332 g/mol. The van der Waals surface area contributed by atoms with Crippen LogP contribution < -0.4 is 4.74 Å². The molecule has 2 heterocycles. The molecule has 0 amide bonds. The van der Waals surface area contributed by atoms with Gasteiger partial charge in [-0.25, -0.2) is 0 Å².